The van der Waals surface area contributed by atoms with Crippen molar-refractivity contribution in [3.8, 4) is 0 Å². The van der Waals surface area contributed by atoms with E-state index in [1.807, 2.05) is 0 Å². The number of hydrogen-bond donors (Lipinski definition) is 0. The molecule has 0 heteroatoms. The molecule has 0 aromatic rings. The van der Waals surface area contributed by atoms with Gasteiger partial charge in [0.2, 0.25) is 0 Å². The lowest BCUT2D eigenvalue weighted by molar-refractivity contribution is 0.411. The van der Waals surface area contributed by atoms with Crippen molar-refractivity contribution in [2.75, 3.05) is 0 Å². The van der Waals surface area contributed by atoms with Gasteiger partial charge in [0.1, 0.15) is 0 Å². The highest BCUT2D eigenvalue weighted by molar-refractivity contribution is 5.28. The van der Waals surface area contributed by atoms with E-state index in [4.69, 9.17) is 0 Å². The molecule has 0 aromatic carbocycles. The number of rotatable bonds is 2. The maximum absolute atomic E-state index is 2.28. The van der Waals surface area contributed by atoms with Crippen LogP contribution in [-0.4, -0.2) is 0 Å². The topological polar surface area (TPSA) is 0 Å². The fourth-order valence-corrected chi connectivity index (χ4v) is 1.23. The molecule has 0 fully saturated rings. The van der Waals surface area contributed by atoms with Gasteiger partial charge in [-0.2, -0.15) is 0 Å². The Morgan fingerprint density at radius 2 is 1.58 bits per heavy atom. The zero-order valence-electron chi connectivity index (χ0n) is 9.36. The van der Waals surface area contributed by atoms with Crippen LogP contribution in [0.25, 0.3) is 0 Å². The van der Waals surface area contributed by atoms with Gasteiger partial charge in [0.25, 0.3) is 0 Å². The lowest BCUT2D eigenvalue weighted by Crippen LogP contribution is -2.06. The van der Waals surface area contributed by atoms with Gasteiger partial charge in [0, 0.05) is 0 Å². The third-order valence-electron chi connectivity index (χ3n) is 2.01. The van der Waals surface area contributed by atoms with E-state index in [1.165, 1.54) is 17.6 Å². The molecule has 0 heterocycles. The van der Waals surface area contributed by atoms with Gasteiger partial charge in [0.05, 0.1) is 0 Å². The van der Waals surface area contributed by atoms with Crippen LogP contribution in [0.2, 0.25) is 0 Å². The first-order valence-electron chi connectivity index (χ1n) is 4.69. The molecule has 0 rings (SSSR count). The van der Waals surface area contributed by atoms with Crippen LogP contribution in [0, 0.1) is 5.41 Å². The molecule has 12 heavy (non-hydrogen) atoms. The van der Waals surface area contributed by atoms with Crippen LogP contribution >= 0.6 is 0 Å². The molecule has 0 amide bonds. The highest BCUT2D eigenvalue weighted by atomic mass is 14.2. The second-order valence-corrected chi connectivity index (χ2v) is 4.52. The zero-order valence-corrected chi connectivity index (χ0v) is 9.36. The maximum Gasteiger partial charge on any atom is -0.0231 e. The molecule has 0 atom stereocenters. The Hall–Kier alpha value is -0.520. The Morgan fingerprint density at radius 1 is 1.08 bits per heavy atom. The van der Waals surface area contributed by atoms with Crippen LogP contribution in [0.3, 0.4) is 0 Å². The Labute approximate surface area is 77.4 Å². The van der Waals surface area contributed by atoms with Crippen LogP contribution < -0.4 is 0 Å². The van der Waals surface area contributed by atoms with Crippen molar-refractivity contribution in [2.24, 2.45) is 5.41 Å². The quantitative estimate of drug-likeness (QED) is 0.535. The molecule has 0 aliphatic rings. The summed E-state index contributed by atoms with van der Waals surface area (Å²) in [5, 5.41) is 0. The Balaban J connectivity index is 4.43. The van der Waals surface area contributed by atoms with Crippen LogP contribution in [0.5, 0.6) is 0 Å². The van der Waals surface area contributed by atoms with Gasteiger partial charge >= 0.3 is 0 Å². The first kappa shape index (κ1) is 11.5. The Morgan fingerprint density at radius 3 is 1.83 bits per heavy atom. The van der Waals surface area contributed by atoms with Crippen LogP contribution in [0.15, 0.2) is 23.3 Å². The summed E-state index contributed by atoms with van der Waals surface area (Å²) in [6.45, 7) is 13.2. The van der Waals surface area contributed by atoms with E-state index < -0.39 is 0 Å². The fraction of sp³-hybridized carbons (Fsp3) is 0.667. The molecule has 0 unspecified atom stereocenters. The van der Waals surface area contributed by atoms with Gasteiger partial charge in [-0.25, -0.2) is 0 Å². The average Bonchev–Trinajstić information content (AvgIpc) is 1.97. The highest BCUT2D eigenvalue weighted by Crippen LogP contribution is 2.27. The van der Waals surface area contributed by atoms with Gasteiger partial charge in [-0.1, -0.05) is 38.5 Å². The largest absolute Gasteiger partial charge is 0.0845 e. The van der Waals surface area contributed by atoms with Crippen LogP contribution in [-0.2, 0) is 0 Å². The molecule has 0 N–H and O–H groups in total. The minimum atomic E-state index is 0.395. The van der Waals surface area contributed by atoms with Crippen molar-refractivity contribution in [2.45, 2.75) is 48.0 Å². The summed E-state index contributed by atoms with van der Waals surface area (Å²) in [5.41, 5.74) is 3.28. The van der Waals surface area contributed by atoms with Crippen molar-refractivity contribution < 1.29 is 0 Å². The number of hydrogen-bond acceptors (Lipinski definition) is 0. The second-order valence-electron chi connectivity index (χ2n) is 4.52. The third kappa shape index (κ3) is 4.38. The van der Waals surface area contributed by atoms with Crippen molar-refractivity contribution in [1.29, 1.82) is 0 Å². The van der Waals surface area contributed by atoms with Crippen molar-refractivity contribution in [3.05, 3.63) is 23.3 Å². The predicted molar refractivity (Wildman–Crippen MR) is 57.3 cm³/mol. The Kier molecular flexibility index (Phi) is 4.30. The van der Waals surface area contributed by atoms with E-state index in [-0.39, 0.29) is 0 Å². The van der Waals surface area contributed by atoms with E-state index in [9.17, 15) is 0 Å². The van der Waals surface area contributed by atoms with E-state index in [0.717, 1.165) is 0 Å². The summed E-state index contributed by atoms with van der Waals surface area (Å²) in [4.78, 5) is 0. The van der Waals surface area contributed by atoms with Gasteiger partial charge in [-0.3, -0.25) is 0 Å². The molecule has 0 aromatic heterocycles. The second kappa shape index (κ2) is 4.49. The molecule has 0 radical (unpaired) electrons. The summed E-state index contributed by atoms with van der Waals surface area (Å²) in [6, 6.07) is 0. The minimum Gasteiger partial charge on any atom is -0.0845 e. The molecule has 0 aliphatic carbocycles. The lowest BCUT2D eigenvalue weighted by Gasteiger charge is -2.20. The third-order valence-corrected chi connectivity index (χ3v) is 2.01. The molecule has 70 valence electrons. The van der Waals surface area contributed by atoms with E-state index in [2.05, 4.69) is 53.7 Å². The molecule has 0 saturated carbocycles. The summed E-state index contributed by atoms with van der Waals surface area (Å²) >= 11 is 0. The van der Waals surface area contributed by atoms with E-state index in [0.29, 0.717) is 5.41 Å². The van der Waals surface area contributed by atoms with Gasteiger partial charge in [-0.05, 0) is 38.2 Å². The summed E-state index contributed by atoms with van der Waals surface area (Å²) in [6.07, 6.45) is 5.57. The van der Waals surface area contributed by atoms with Gasteiger partial charge in [0.15, 0.2) is 0 Å². The molecular formula is C12H22. The molecule has 0 spiro atoms. The van der Waals surface area contributed by atoms with Crippen LogP contribution in [0.1, 0.15) is 48.0 Å². The predicted octanol–water partition coefficient (Wildman–Crippen LogP) is 4.34. The first-order valence-corrected chi connectivity index (χ1v) is 4.69. The lowest BCUT2D eigenvalue weighted by atomic mass is 9.85. The van der Waals surface area contributed by atoms with Gasteiger partial charge < -0.3 is 0 Å². The maximum atomic E-state index is 2.28. The van der Waals surface area contributed by atoms with Crippen LogP contribution in [0.4, 0.5) is 0 Å². The smallest absolute Gasteiger partial charge is 0.0231 e. The van der Waals surface area contributed by atoms with Crippen molar-refractivity contribution in [3.63, 3.8) is 0 Å². The fourth-order valence-electron chi connectivity index (χ4n) is 1.23. The summed E-state index contributed by atoms with van der Waals surface area (Å²) < 4.78 is 0. The molecule has 0 saturated heterocycles. The molecule has 0 aliphatic heterocycles. The minimum absolute atomic E-state index is 0.395. The highest BCUT2D eigenvalue weighted by Gasteiger charge is 2.12. The standard InChI is InChI=1S/C12H22/c1-7-10(3)11(8-2)9-12(4,5)6/h7-8H,9H2,1-6H3. The first-order chi connectivity index (χ1) is 5.40. The SMILES string of the molecule is CC=C(C)C(=CC)CC(C)(C)C. The zero-order chi connectivity index (χ0) is 9.78. The summed E-state index contributed by atoms with van der Waals surface area (Å²) in [5.74, 6) is 0. The molecule has 0 bridgehead atoms. The average molecular weight is 166 g/mol. The van der Waals surface area contributed by atoms with E-state index in [1.54, 1.807) is 0 Å². The van der Waals surface area contributed by atoms with E-state index >= 15 is 0 Å². The number of allylic oxidation sites excluding steroid dienone is 4. The van der Waals surface area contributed by atoms with Crippen molar-refractivity contribution in [1.82, 2.24) is 0 Å². The molecule has 0 nitrogen and oxygen atoms in total. The monoisotopic (exact) mass is 166 g/mol. The Bertz CT molecular complexity index is 187. The molecular weight excluding hydrogens is 144 g/mol. The van der Waals surface area contributed by atoms with Gasteiger partial charge in [-0.15, -0.1) is 0 Å². The van der Waals surface area contributed by atoms with Crippen molar-refractivity contribution >= 4 is 0 Å². The summed E-state index contributed by atoms with van der Waals surface area (Å²) in [7, 11) is 0. The normalized spacial score (nSPS) is 15.2.